The Morgan fingerprint density at radius 3 is 1.71 bits per heavy atom. The molecule has 7 rings (SSSR count). The molecule has 0 spiro atoms. The first-order valence-corrected chi connectivity index (χ1v) is 9.78. The Morgan fingerprint density at radius 1 is 0.750 bits per heavy atom. The van der Waals surface area contributed by atoms with Crippen LogP contribution in [0.1, 0.15) is 35.8 Å². The van der Waals surface area contributed by atoms with Gasteiger partial charge in [0.1, 0.15) is 0 Å². The number of aliphatic hydroxyl groups is 2. The summed E-state index contributed by atoms with van der Waals surface area (Å²) in [6.45, 7) is 0.580. The van der Waals surface area contributed by atoms with Crippen LogP contribution in [0.2, 0.25) is 0 Å². The minimum atomic E-state index is 0.00814. The summed E-state index contributed by atoms with van der Waals surface area (Å²) in [7, 11) is 0. The van der Waals surface area contributed by atoms with E-state index in [4.69, 9.17) is 0 Å². The number of allylic oxidation sites excluding steroid dienone is 2. The van der Waals surface area contributed by atoms with Crippen molar-refractivity contribution in [2.24, 2.45) is 46.3 Å². The molecule has 6 aliphatic rings. The second-order valence-corrected chi connectivity index (χ2v) is 9.53. The molecule has 2 nitrogen and oxygen atoms in total. The molecule has 0 unspecified atom stereocenters. The van der Waals surface area contributed by atoms with Crippen molar-refractivity contribution in [2.45, 2.75) is 24.7 Å². The second kappa shape index (κ2) is 3.68. The standard InChI is InChI=1S/C22H24O2/c23-9-21-17-11-5-6-12(7-11)18(17)22(21,10-24)20-16-8-15(19(20)21)13-3-1-2-4-14(13)16/h1-6,11-12,15-20,23-24H,7-10H2/t11-,12+,15-,16+,17+,18-,19-,20+,21+,22-. The maximum Gasteiger partial charge on any atom is 0.0499 e. The molecule has 0 heterocycles. The van der Waals surface area contributed by atoms with Crippen LogP contribution in [0.3, 0.4) is 0 Å². The molecule has 10 atom stereocenters. The van der Waals surface area contributed by atoms with Gasteiger partial charge in [0.15, 0.2) is 0 Å². The predicted molar refractivity (Wildman–Crippen MR) is 90.3 cm³/mol. The smallest absolute Gasteiger partial charge is 0.0499 e. The highest BCUT2D eigenvalue weighted by Gasteiger charge is 2.91. The average Bonchev–Trinajstić information content (AvgIpc) is 3.34. The summed E-state index contributed by atoms with van der Waals surface area (Å²) in [5.74, 6) is 5.10. The van der Waals surface area contributed by atoms with E-state index in [0.29, 0.717) is 60.6 Å². The van der Waals surface area contributed by atoms with Crippen LogP contribution in [0, 0.1) is 46.3 Å². The number of rotatable bonds is 2. The Balaban J connectivity index is 1.45. The van der Waals surface area contributed by atoms with Crippen molar-refractivity contribution in [2.75, 3.05) is 13.2 Å². The number of benzene rings is 1. The highest BCUT2D eigenvalue weighted by molar-refractivity contribution is 5.51. The maximum absolute atomic E-state index is 10.6. The lowest BCUT2D eigenvalue weighted by Gasteiger charge is -2.84. The molecule has 0 aliphatic heterocycles. The first kappa shape index (κ1) is 13.1. The summed E-state index contributed by atoms with van der Waals surface area (Å²) in [6, 6.07) is 9.03. The van der Waals surface area contributed by atoms with E-state index in [1.807, 2.05) is 0 Å². The Labute approximate surface area is 142 Å². The van der Waals surface area contributed by atoms with Crippen molar-refractivity contribution in [1.29, 1.82) is 0 Å². The summed E-state index contributed by atoms with van der Waals surface area (Å²) in [5, 5.41) is 21.3. The minimum absolute atomic E-state index is 0.00814. The van der Waals surface area contributed by atoms with Crippen molar-refractivity contribution in [3.8, 4) is 0 Å². The van der Waals surface area contributed by atoms with E-state index < -0.39 is 0 Å². The second-order valence-electron chi connectivity index (χ2n) is 9.53. The third-order valence-electron chi connectivity index (χ3n) is 9.79. The summed E-state index contributed by atoms with van der Waals surface area (Å²) < 4.78 is 0. The Kier molecular flexibility index (Phi) is 2.02. The van der Waals surface area contributed by atoms with E-state index >= 15 is 0 Å². The third kappa shape index (κ3) is 0.936. The quantitative estimate of drug-likeness (QED) is 0.650. The average molecular weight is 320 g/mol. The van der Waals surface area contributed by atoms with Crippen LogP contribution in [0.4, 0.5) is 0 Å². The summed E-state index contributed by atoms with van der Waals surface area (Å²) in [5.41, 5.74) is 3.14. The van der Waals surface area contributed by atoms with Crippen molar-refractivity contribution in [3.63, 3.8) is 0 Å². The molecular formula is C22H24O2. The minimum Gasteiger partial charge on any atom is -0.396 e. The van der Waals surface area contributed by atoms with E-state index in [1.54, 1.807) is 11.1 Å². The number of aliphatic hydroxyl groups excluding tert-OH is 2. The van der Waals surface area contributed by atoms with Gasteiger partial charge in [0.25, 0.3) is 0 Å². The van der Waals surface area contributed by atoms with Gasteiger partial charge in [-0.3, -0.25) is 0 Å². The van der Waals surface area contributed by atoms with Crippen LogP contribution in [-0.2, 0) is 0 Å². The molecule has 124 valence electrons. The molecular weight excluding hydrogens is 296 g/mol. The third-order valence-corrected chi connectivity index (χ3v) is 9.79. The van der Waals surface area contributed by atoms with Crippen molar-refractivity contribution in [3.05, 3.63) is 47.5 Å². The lowest BCUT2D eigenvalue weighted by atomic mass is 9.19. The van der Waals surface area contributed by atoms with Gasteiger partial charge in [0.05, 0.1) is 0 Å². The zero-order chi connectivity index (χ0) is 15.8. The monoisotopic (exact) mass is 320 g/mol. The van der Waals surface area contributed by atoms with Crippen LogP contribution in [0.25, 0.3) is 0 Å². The number of hydrogen-bond acceptors (Lipinski definition) is 2. The predicted octanol–water partition coefficient (Wildman–Crippen LogP) is 2.93. The first-order chi connectivity index (χ1) is 11.8. The van der Waals surface area contributed by atoms with Gasteiger partial charge in [-0.05, 0) is 71.3 Å². The topological polar surface area (TPSA) is 40.5 Å². The Bertz CT molecular complexity index is 736. The summed E-state index contributed by atoms with van der Waals surface area (Å²) >= 11 is 0. The van der Waals surface area contributed by atoms with Gasteiger partial charge in [-0.2, -0.15) is 0 Å². The molecule has 0 saturated heterocycles. The molecule has 0 amide bonds. The molecule has 24 heavy (non-hydrogen) atoms. The van der Waals surface area contributed by atoms with Crippen LogP contribution in [0.5, 0.6) is 0 Å². The van der Waals surface area contributed by atoms with E-state index in [-0.39, 0.29) is 10.8 Å². The summed E-state index contributed by atoms with van der Waals surface area (Å²) in [6.07, 6.45) is 7.40. The van der Waals surface area contributed by atoms with Gasteiger partial charge in [-0.15, -0.1) is 0 Å². The van der Waals surface area contributed by atoms with Gasteiger partial charge in [0.2, 0.25) is 0 Å². The van der Waals surface area contributed by atoms with Gasteiger partial charge in [-0.25, -0.2) is 0 Å². The zero-order valence-corrected chi connectivity index (χ0v) is 13.8. The highest BCUT2D eigenvalue weighted by Crippen LogP contribution is 2.93. The summed E-state index contributed by atoms with van der Waals surface area (Å²) in [4.78, 5) is 0. The van der Waals surface area contributed by atoms with Crippen LogP contribution < -0.4 is 0 Å². The molecule has 1 aromatic carbocycles. The van der Waals surface area contributed by atoms with Crippen LogP contribution >= 0.6 is 0 Å². The molecule has 0 radical (unpaired) electrons. The Morgan fingerprint density at radius 2 is 1.25 bits per heavy atom. The Hall–Kier alpha value is -1.12. The van der Waals surface area contributed by atoms with Gasteiger partial charge < -0.3 is 10.2 Å². The SMILES string of the molecule is OC[C@@]12[C@@H]3[C@@H]([C@H]4C=C[C@@H]3C4)[C@]1(CO)[C@@H]1[C@H]2[C@@H]2C[C@H]1c1ccccc12. The molecule has 4 fully saturated rings. The van der Waals surface area contributed by atoms with E-state index in [2.05, 4.69) is 36.4 Å². The van der Waals surface area contributed by atoms with Crippen molar-refractivity contribution < 1.29 is 10.2 Å². The molecule has 0 aromatic heterocycles. The zero-order valence-electron chi connectivity index (χ0n) is 13.8. The van der Waals surface area contributed by atoms with E-state index in [9.17, 15) is 10.2 Å². The van der Waals surface area contributed by atoms with Crippen LogP contribution in [0.15, 0.2) is 36.4 Å². The molecule has 1 aromatic rings. The lowest BCUT2D eigenvalue weighted by molar-refractivity contribution is -0.390. The fourth-order valence-electron chi connectivity index (χ4n) is 9.69. The van der Waals surface area contributed by atoms with E-state index in [0.717, 1.165) is 0 Å². The maximum atomic E-state index is 10.6. The highest BCUT2D eigenvalue weighted by atomic mass is 16.3. The number of fused-ring (bicyclic) bond motifs is 18. The van der Waals surface area contributed by atoms with Gasteiger partial charge in [-0.1, -0.05) is 36.4 Å². The lowest BCUT2D eigenvalue weighted by Crippen LogP contribution is -2.84. The number of hydrogen-bond donors (Lipinski definition) is 2. The largest absolute Gasteiger partial charge is 0.396 e. The van der Waals surface area contributed by atoms with Gasteiger partial charge >= 0.3 is 0 Å². The first-order valence-electron chi connectivity index (χ1n) is 9.78. The molecule has 2 heteroatoms. The normalized spacial score (nSPS) is 59.4. The molecule has 4 saturated carbocycles. The van der Waals surface area contributed by atoms with Gasteiger partial charge in [0, 0.05) is 24.0 Å². The molecule has 4 bridgehead atoms. The van der Waals surface area contributed by atoms with E-state index in [1.165, 1.54) is 12.8 Å². The van der Waals surface area contributed by atoms with Crippen molar-refractivity contribution >= 4 is 0 Å². The fraction of sp³-hybridized carbons (Fsp3) is 0.636. The molecule has 2 N–H and O–H groups in total. The molecule has 6 aliphatic carbocycles. The van der Waals surface area contributed by atoms with Crippen LogP contribution in [-0.4, -0.2) is 23.4 Å². The van der Waals surface area contributed by atoms with Crippen molar-refractivity contribution in [1.82, 2.24) is 0 Å². The fourth-order valence-corrected chi connectivity index (χ4v) is 9.69.